The lowest BCUT2D eigenvalue weighted by atomic mass is 9.84. The number of halogens is 1. The van der Waals surface area contributed by atoms with E-state index in [1.54, 1.807) is 6.07 Å². The number of nitrogens with one attached hydrogen (secondary N) is 2. The average molecular weight is 273 g/mol. The number of aromatic amines is 1. The molecule has 0 aliphatic heterocycles. The van der Waals surface area contributed by atoms with E-state index in [0.717, 1.165) is 34.7 Å². The van der Waals surface area contributed by atoms with Crippen molar-refractivity contribution in [2.24, 2.45) is 17.8 Å². The Morgan fingerprint density at radius 1 is 1.35 bits per heavy atom. The van der Waals surface area contributed by atoms with Gasteiger partial charge in [0.2, 0.25) is 5.95 Å². The van der Waals surface area contributed by atoms with Gasteiger partial charge in [0.05, 0.1) is 11.0 Å². The van der Waals surface area contributed by atoms with E-state index in [-0.39, 0.29) is 5.82 Å². The summed E-state index contributed by atoms with van der Waals surface area (Å²) in [5, 5.41) is 3.49. The lowest BCUT2D eigenvalue weighted by molar-refractivity contribution is 0.303. The molecular weight excluding hydrogens is 253 g/mol. The normalized spacial score (nSPS) is 30.0. The molecule has 0 saturated heterocycles. The summed E-state index contributed by atoms with van der Waals surface area (Å²) in [6.45, 7) is 2.25. The predicted octanol–water partition coefficient (Wildman–Crippen LogP) is 3.94. The Kier molecular flexibility index (Phi) is 2.72. The first-order valence-corrected chi connectivity index (χ1v) is 7.61. The highest BCUT2D eigenvalue weighted by molar-refractivity contribution is 5.77. The van der Waals surface area contributed by atoms with Crippen LogP contribution in [-0.4, -0.2) is 16.0 Å². The Hall–Kier alpha value is -1.58. The fourth-order valence-corrected chi connectivity index (χ4v) is 4.28. The van der Waals surface area contributed by atoms with Crippen LogP contribution in [0.2, 0.25) is 0 Å². The molecule has 2 bridgehead atoms. The summed E-state index contributed by atoms with van der Waals surface area (Å²) in [4.78, 5) is 7.67. The van der Waals surface area contributed by atoms with Gasteiger partial charge in [-0.25, -0.2) is 9.37 Å². The second kappa shape index (κ2) is 4.47. The molecule has 4 atom stereocenters. The van der Waals surface area contributed by atoms with Gasteiger partial charge in [0.25, 0.3) is 0 Å². The average Bonchev–Trinajstić information content (AvgIpc) is 3.11. The quantitative estimate of drug-likeness (QED) is 0.889. The molecule has 2 aliphatic carbocycles. The number of aromatic nitrogens is 2. The van der Waals surface area contributed by atoms with Crippen LogP contribution in [0.25, 0.3) is 11.0 Å². The summed E-state index contributed by atoms with van der Waals surface area (Å²) in [6.07, 6.45) is 5.60. The zero-order valence-electron chi connectivity index (χ0n) is 11.7. The molecule has 106 valence electrons. The number of hydrogen-bond acceptors (Lipinski definition) is 2. The molecule has 4 heteroatoms. The number of hydrogen-bond donors (Lipinski definition) is 2. The second-order valence-corrected chi connectivity index (χ2v) is 6.52. The maximum absolute atomic E-state index is 13.2. The van der Waals surface area contributed by atoms with Gasteiger partial charge in [-0.1, -0.05) is 6.42 Å². The van der Waals surface area contributed by atoms with E-state index in [1.807, 2.05) is 0 Å². The van der Waals surface area contributed by atoms with Gasteiger partial charge in [-0.2, -0.15) is 0 Å². The summed E-state index contributed by atoms with van der Waals surface area (Å²) >= 11 is 0. The van der Waals surface area contributed by atoms with E-state index in [1.165, 1.54) is 37.8 Å². The summed E-state index contributed by atoms with van der Waals surface area (Å²) in [7, 11) is 0. The Morgan fingerprint density at radius 2 is 2.25 bits per heavy atom. The fourth-order valence-electron chi connectivity index (χ4n) is 4.28. The minimum Gasteiger partial charge on any atom is -0.353 e. The van der Waals surface area contributed by atoms with Gasteiger partial charge in [-0.3, -0.25) is 0 Å². The second-order valence-electron chi connectivity index (χ2n) is 6.52. The molecule has 1 aromatic heterocycles. The third kappa shape index (κ3) is 1.98. The zero-order valence-corrected chi connectivity index (χ0v) is 11.7. The van der Waals surface area contributed by atoms with E-state index in [4.69, 9.17) is 0 Å². The number of anilines is 1. The van der Waals surface area contributed by atoms with E-state index >= 15 is 0 Å². The lowest BCUT2D eigenvalue weighted by Gasteiger charge is -2.28. The molecule has 4 unspecified atom stereocenters. The van der Waals surface area contributed by atoms with Crippen LogP contribution in [0.1, 0.15) is 32.6 Å². The molecule has 20 heavy (non-hydrogen) atoms. The summed E-state index contributed by atoms with van der Waals surface area (Å²) in [5.41, 5.74) is 1.57. The minimum absolute atomic E-state index is 0.228. The summed E-state index contributed by atoms with van der Waals surface area (Å²) < 4.78 is 13.2. The fraction of sp³-hybridized carbons (Fsp3) is 0.562. The molecule has 1 heterocycles. The van der Waals surface area contributed by atoms with Gasteiger partial charge in [0.15, 0.2) is 0 Å². The third-order valence-corrected chi connectivity index (χ3v) is 5.24. The van der Waals surface area contributed by atoms with Crippen LogP contribution in [0, 0.1) is 23.6 Å². The number of rotatable bonds is 3. The monoisotopic (exact) mass is 273 g/mol. The minimum atomic E-state index is -0.228. The molecule has 4 rings (SSSR count). The maximum atomic E-state index is 13.2. The van der Waals surface area contributed by atoms with Crippen molar-refractivity contribution in [1.29, 1.82) is 0 Å². The summed E-state index contributed by atoms with van der Waals surface area (Å²) in [6, 6.07) is 5.09. The SMILES string of the molecule is CC(Nc1nc2ccc(F)cc2[nH]1)C1CC2CCC1C2. The largest absolute Gasteiger partial charge is 0.353 e. The van der Waals surface area contributed by atoms with E-state index in [0.29, 0.717) is 6.04 Å². The van der Waals surface area contributed by atoms with Crippen molar-refractivity contribution < 1.29 is 4.39 Å². The first-order chi connectivity index (χ1) is 9.69. The standard InChI is InChI=1S/C16H20FN3/c1-9(13-7-10-2-3-11(13)6-10)18-16-19-14-5-4-12(17)8-15(14)20-16/h4-5,8-11,13H,2-3,6-7H2,1H3,(H2,18,19,20). The molecule has 2 fully saturated rings. The van der Waals surface area contributed by atoms with Crippen LogP contribution >= 0.6 is 0 Å². The number of nitrogens with zero attached hydrogens (tertiary/aromatic N) is 1. The van der Waals surface area contributed by atoms with Crippen molar-refractivity contribution in [2.75, 3.05) is 5.32 Å². The molecule has 0 spiro atoms. The molecule has 2 saturated carbocycles. The van der Waals surface area contributed by atoms with Crippen LogP contribution in [0.5, 0.6) is 0 Å². The van der Waals surface area contributed by atoms with Gasteiger partial charge in [0.1, 0.15) is 5.82 Å². The number of fused-ring (bicyclic) bond motifs is 3. The topological polar surface area (TPSA) is 40.7 Å². The Labute approximate surface area is 118 Å². The number of imidazole rings is 1. The van der Waals surface area contributed by atoms with Crippen LogP contribution in [0.3, 0.4) is 0 Å². The maximum Gasteiger partial charge on any atom is 0.201 e. The Balaban J connectivity index is 1.52. The van der Waals surface area contributed by atoms with Crippen molar-refractivity contribution in [3.63, 3.8) is 0 Å². The summed E-state index contributed by atoms with van der Waals surface area (Å²) in [5.74, 6) is 3.15. The van der Waals surface area contributed by atoms with E-state index < -0.39 is 0 Å². The van der Waals surface area contributed by atoms with Crippen molar-refractivity contribution in [1.82, 2.24) is 9.97 Å². The van der Waals surface area contributed by atoms with Crippen LogP contribution in [0.4, 0.5) is 10.3 Å². The first kappa shape index (κ1) is 12.2. The van der Waals surface area contributed by atoms with Crippen LogP contribution in [0.15, 0.2) is 18.2 Å². The molecule has 0 amide bonds. The molecule has 2 aliphatic rings. The number of H-pyrrole nitrogens is 1. The van der Waals surface area contributed by atoms with Crippen LogP contribution in [-0.2, 0) is 0 Å². The first-order valence-electron chi connectivity index (χ1n) is 7.61. The zero-order chi connectivity index (χ0) is 13.7. The highest BCUT2D eigenvalue weighted by Crippen LogP contribution is 2.49. The van der Waals surface area contributed by atoms with Crippen molar-refractivity contribution in [2.45, 2.75) is 38.6 Å². The highest BCUT2D eigenvalue weighted by Gasteiger charge is 2.41. The molecule has 3 nitrogen and oxygen atoms in total. The molecule has 2 N–H and O–H groups in total. The number of benzene rings is 1. The molecular formula is C16H20FN3. The highest BCUT2D eigenvalue weighted by atomic mass is 19.1. The lowest BCUT2D eigenvalue weighted by Crippen LogP contribution is -2.30. The van der Waals surface area contributed by atoms with E-state index in [2.05, 4.69) is 22.2 Å². The van der Waals surface area contributed by atoms with Crippen molar-refractivity contribution in [3.05, 3.63) is 24.0 Å². The van der Waals surface area contributed by atoms with Gasteiger partial charge in [-0.05, 0) is 62.1 Å². The van der Waals surface area contributed by atoms with Crippen molar-refractivity contribution >= 4 is 17.0 Å². The van der Waals surface area contributed by atoms with Gasteiger partial charge in [-0.15, -0.1) is 0 Å². The van der Waals surface area contributed by atoms with E-state index in [9.17, 15) is 4.39 Å². The van der Waals surface area contributed by atoms with Gasteiger partial charge < -0.3 is 10.3 Å². The van der Waals surface area contributed by atoms with Gasteiger partial charge in [0, 0.05) is 6.04 Å². The molecule has 1 aromatic carbocycles. The third-order valence-electron chi connectivity index (χ3n) is 5.24. The Morgan fingerprint density at radius 3 is 3.00 bits per heavy atom. The molecule has 2 aromatic rings. The smallest absolute Gasteiger partial charge is 0.201 e. The predicted molar refractivity (Wildman–Crippen MR) is 78.1 cm³/mol. The van der Waals surface area contributed by atoms with Gasteiger partial charge >= 0.3 is 0 Å². The Bertz CT molecular complexity index is 636. The van der Waals surface area contributed by atoms with Crippen molar-refractivity contribution in [3.8, 4) is 0 Å². The molecule has 0 radical (unpaired) electrons. The van der Waals surface area contributed by atoms with Crippen LogP contribution < -0.4 is 5.32 Å².